The van der Waals surface area contributed by atoms with Crippen LogP contribution in [0.5, 0.6) is 5.75 Å². The maximum atomic E-state index is 12.6. The Morgan fingerprint density at radius 2 is 1.77 bits per heavy atom. The van der Waals surface area contributed by atoms with Crippen molar-refractivity contribution in [3.05, 3.63) is 65.2 Å². The molecule has 2 aromatic carbocycles. The highest BCUT2D eigenvalue weighted by Gasteiger charge is 2.30. The zero-order valence-corrected chi connectivity index (χ0v) is 11.7. The Balaban J connectivity index is 2.01. The summed E-state index contributed by atoms with van der Waals surface area (Å²) in [6.07, 6.45) is -4.36. The highest BCUT2D eigenvalue weighted by Crippen LogP contribution is 2.29. The van der Waals surface area contributed by atoms with Crippen molar-refractivity contribution in [2.75, 3.05) is 6.61 Å². The highest BCUT2D eigenvalue weighted by molar-refractivity contribution is 5.30. The summed E-state index contributed by atoms with van der Waals surface area (Å²) in [6.45, 7) is -0.125. The van der Waals surface area contributed by atoms with Crippen LogP contribution < -0.4 is 10.5 Å². The van der Waals surface area contributed by atoms with E-state index < -0.39 is 17.8 Å². The van der Waals surface area contributed by atoms with E-state index in [0.29, 0.717) is 11.3 Å². The zero-order chi connectivity index (χ0) is 16.2. The van der Waals surface area contributed by atoms with Crippen LogP contribution in [-0.4, -0.2) is 11.7 Å². The Hall–Kier alpha value is -2.05. The van der Waals surface area contributed by atoms with Crippen molar-refractivity contribution in [2.24, 2.45) is 5.73 Å². The molecule has 6 heteroatoms. The first-order chi connectivity index (χ1) is 10.4. The van der Waals surface area contributed by atoms with E-state index in [1.54, 1.807) is 30.3 Å². The molecule has 0 bridgehead atoms. The monoisotopic (exact) mass is 311 g/mol. The third-order valence-electron chi connectivity index (χ3n) is 3.16. The predicted octanol–water partition coefficient (Wildman–Crippen LogP) is 3.28. The molecule has 2 aromatic rings. The molecule has 0 fully saturated rings. The Morgan fingerprint density at radius 3 is 2.36 bits per heavy atom. The van der Waals surface area contributed by atoms with Crippen molar-refractivity contribution in [3.63, 3.8) is 0 Å². The third-order valence-corrected chi connectivity index (χ3v) is 3.16. The minimum Gasteiger partial charge on any atom is -0.489 e. The fourth-order valence-corrected chi connectivity index (χ4v) is 1.92. The maximum Gasteiger partial charge on any atom is 0.416 e. The van der Waals surface area contributed by atoms with Gasteiger partial charge in [0, 0.05) is 0 Å². The van der Waals surface area contributed by atoms with Crippen LogP contribution in [0.1, 0.15) is 22.7 Å². The van der Waals surface area contributed by atoms with Gasteiger partial charge in [0.1, 0.15) is 12.4 Å². The highest BCUT2D eigenvalue weighted by atomic mass is 19.4. The van der Waals surface area contributed by atoms with Gasteiger partial charge < -0.3 is 15.6 Å². The van der Waals surface area contributed by atoms with Crippen LogP contribution in [0.15, 0.2) is 48.5 Å². The number of ether oxygens (including phenoxy) is 1. The molecule has 3 N–H and O–H groups in total. The van der Waals surface area contributed by atoms with Crippen molar-refractivity contribution >= 4 is 0 Å². The Morgan fingerprint density at radius 1 is 1.09 bits per heavy atom. The Kier molecular flexibility index (Phi) is 5.05. The molecule has 0 spiro atoms. The molecule has 118 valence electrons. The summed E-state index contributed by atoms with van der Waals surface area (Å²) in [5.74, 6) is 0.520. The van der Waals surface area contributed by atoms with E-state index in [1.807, 2.05) is 0 Å². The van der Waals surface area contributed by atoms with Gasteiger partial charge in [0.15, 0.2) is 0 Å². The summed E-state index contributed by atoms with van der Waals surface area (Å²) in [4.78, 5) is 0. The quantitative estimate of drug-likeness (QED) is 0.891. The summed E-state index contributed by atoms with van der Waals surface area (Å²) in [7, 11) is 0. The molecule has 0 saturated carbocycles. The second kappa shape index (κ2) is 6.81. The lowest BCUT2D eigenvalue weighted by Crippen LogP contribution is -2.14. The lowest BCUT2D eigenvalue weighted by Gasteiger charge is -2.11. The van der Waals surface area contributed by atoms with Gasteiger partial charge in [0.05, 0.1) is 18.2 Å². The van der Waals surface area contributed by atoms with Crippen LogP contribution in [0.4, 0.5) is 13.2 Å². The molecule has 0 heterocycles. The number of aliphatic hydroxyl groups excluding tert-OH is 1. The van der Waals surface area contributed by atoms with Crippen molar-refractivity contribution in [3.8, 4) is 5.75 Å². The molecule has 0 aromatic heterocycles. The van der Waals surface area contributed by atoms with Crippen LogP contribution in [-0.2, 0) is 12.8 Å². The van der Waals surface area contributed by atoms with Gasteiger partial charge in [-0.2, -0.15) is 13.2 Å². The number of benzene rings is 2. The average molecular weight is 311 g/mol. The normalized spacial score (nSPS) is 13.0. The van der Waals surface area contributed by atoms with E-state index in [1.165, 1.54) is 6.07 Å². The molecule has 0 aliphatic rings. The average Bonchev–Trinajstić information content (AvgIpc) is 2.52. The molecule has 0 amide bonds. The number of aliphatic hydroxyl groups is 1. The van der Waals surface area contributed by atoms with Gasteiger partial charge in [-0.3, -0.25) is 0 Å². The van der Waals surface area contributed by atoms with Crippen LogP contribution >= 0.6 is 0 Å². The lowest BCUT2D eigenvalue weighted by atomic mass is 10.1. The number of hydrogen-bond acceptors (Lipinski definition) is 3. The van der Waals surface area contributed by atoms with Gasteiger partial charge in [-0.1, -0.05) is 24.3 Å². The second-order valence-electron chi connectivity index (χ2n) is 4.84. The Bertz CT molecular complexity index is 612. The van der Waals surface area contributed by atoms with E-state index in [9.17, 15) is 13.2 Å². The number of hydrogen-bond donors (Lipinski definition) is 2. The molecule has 0 radical (unpaired) electrons. The van der Waals surface area contributed by atoms with Gasteiger partial charge in [-0.05, 0) is 35.4 Å². The van der Waals surface area contributed by atoms with Crippen LogP contribution in [0.3, 0.4) is 0 Å². The van der Waals surface area contributed by atoms with Crippen molar-refractivity contribution in [1.82, 2.24) is 0 Å². The minimum absolute atomic E-state index is 0.0370. The summed E-state index contributed by atoms with van der Waals surface area (Å²) in [5.41, 5.74) is 6.17. The largest absolute Gasteiger partial charge is 0.489 e. The third kappa shape index (κ3) is 4.22. The summed E-state index contributed by atoms with van der Waals surface area (Å²) < 4.78 is 43.3. The maximum absolute atomic E-state index is 12.6. The molecule has 0 aliphatic heterocycles. The molecular weight excluding hydrogens is 295 g/mol. The van der Waals surface area contributed by atoms with E-state index in [0.717, 1.165) is 17.7 Å². The molecule has 0 saturated heterocycles. The Labute approximate surface area is 126 Å². The molecule has 1 atom stereocenters. The molecule has 0 aliphatic carbocycles. The number of alkyl halides is 3. The standard InChI is InChI=1S/C16H16F3NO2/c17-16(18,19)13-3-1-2-11(8-13)10-22-14-6-4-12(5-7-14)15(20)9-21/h1-8,15,21H,9-10,20H2/t15-/m1/s1. The topological polar surface area (TPSA) is 55.5 Å². The smallest absolute Gasteiger partial charge is 0.416 e. The molecule has 2 rings (SSSR count). The first-order valence-corrected chi connectivity index (χ1v) is 6.65. The lowest BCUT2D eigenvalue weighted by molar-refractivity contribution is -0.137. The first kappa shape index (κ1) is 16.3. The molecule has 22 heavy (non-hydrogen) atoms. The number of rotatable bonds is 5. The van der Waals surface area contributed by atoms with E-state index in [4.69, 9.17) is 15.6 Å². The fraction of sp³-hybridized carbons (Fsp3) is 0.250. The minimum atomic E-state index is -4.36. The van der Waals surface area contributed by atoms with Crippen LogP contribution in [0.25, 0.3) is 0 Å². The summed E-state index contributed by atoms with van der Waals surface area (Å²) in [6, 6.07) is 11.3. The predicted molar refractivity (Wildman–Crippen MR) is 76.2 cm³/mol. The van der Waals surface area contributed by atoms with Crippen LogP contribution in [0.2, 0.25) is 0 Å². The van der Waals surface area contributed by atoms with E-state index in [2.05, 4.69) is 0 Å². The van der Waals surface area contributed by atoms with Crippen LogP contribution in [0, 0.1) is 0 Å². The summed E-state index contributed by atoms with van der Waals surface area (Å²) in [5, 5.41) is 8.95. The SMILES string of the molecule is N[C@H](CO)c1ccc(OCc2cccc(C(F)(F)F)c2)cc1. The van der Waals surface area contributed by atoms with Crippen molar-refractivity contribution in [2.45, 2.75) is 18.8 Å². The fourth-order valence-electron chi connectivity index (χ4n) is 1.92. The number of nitrogens with two attached hydrogens (primary N) is 1. The zero-order valence-electron chi connectivity index (χ0n) is 11.7. The molecule has 3 nitrogen and oxygen atoms in total. The summed E-state index contributed by atoms with van der Waals surface area (Å²) >= 11 is 0. The van der Waals surface area contributed by atoms with Crippen molar-refractivity contribution in [1.29, 1.82) is 0 Å². The van der Waals surface area contributed by atoms with Gasteiger partial charge in [-0.25, -0.2) is 0 Å². The van der Waals surface area contributed by atoms with E-state index in [-0.39, 0.29) is 13.2 Å². The number of halogens is 3. The van der Waals surface area contributed by atoms with Gasteiger partial charge in [0.2, 0.25) is 0 Å². The molecular formula is C16H16F3NO2. The van der Waals surface area contributed by atoms with Crippen molar-refractivity contribution < 1.29 is 23.0 Å². The van der Waals surface area contributed by atoms with E-state index >= 15 is 0 Å². The van der Waals surface area contributed by atoms with Gasteiger partial charge in [-0.15, -0.1) is 0 Å². The van der Waals surface area contributed by atoms with Gasteiger partial charge >= 0.3 is 6.18 Å². The second-order valence-corrected chi connectivity index (χ2v) is 4.84. The molecule has 0 unspecified atom stereocenters. The first-order valence-electron chi connectivity index (χ1n) is 6.65. The van der Waals surface area contributed by atoms with Gasteiger partial charge in [0.25, 0.3) is 0 Å².